The Balaban J connectivity index is 1.74. The number of amides is 1. The number of thiazole rings is 1. The zero-order valence-corrected chi connectivity index (χ0v) is 14.2. The molecular weight excluding hydrogens is 324 g/mol. The Morgan fingerprint density at radius 1 is 1.33 bits per heavy atom. The zero-order valence-electron chi connectivity index (χ0n) is 11.8. The van der Waals surface area contributed by atoms with Gasteiger partial charge >= 0.3 is 0 Å². The molecule has 2 aromatic rings. The van der Waals surface area contributed by atoms with Crippen LogP contribution in [0.5, 0.6) is 0 Å². The molecule has 0 spiro atoms. The molecule has 2 heterocycles. The molecule has 0 atom stereocenters. The molecule has 3 rings (SSSR count). The van der Waals surface area contributed by atoms with Gasteiger partial charge in [0.25, 0.3) is 0 Å². The van der Waals surface area contributed by atoms with E-state index in [1.54, 1.807) is 4.90 Å². The third-order valence-corrected chi connectivity index (χ3v) is 6.06. The Bertz CT molecular complexity index is 631. The van der Waals surface area contributed by atoms with Gasteiger partial charge in [0.15, 0.2) is 5.13 Å². The number of aromatic nitrogens is 1. The van der Waals surface area contributed by atoms with E-state index in [1.807, 2.05) is 24.6 Å². The Morgan fingerprint density at radius 3 is 2.76 bits per heavy atom. The minimum atomic E-state index is 0.173. The van der Waals surface area contributed by atoms with Crippen LogP contribution >= 0.6 is 34.3 Å². The van der Waals surface area contributed by atoms with Crippen LogP contribution in [0.4, 0.5) is 5.13 Å². The van der Waals surface area contributed by atoms with E-state index in [0.717, 1.165) is 32.9 Å². The lowest BCUT2D eigenvalue weighted by Crippen LogP contribution is -2.33. The van der Waals surface area contributed by atoms with Gasteiger partial charge in [-0.1, -0.05) is 30.9 Å². The summed E-state index contributed by atoms with van der Waals surface area (Å²) in [5, 5.41) is 2.76. The predicted octanol–water partition coefficient (Wildman–Crippen LogP) is 5.07. The molecule has 0 aliphatic heterocycles. The highest BCUT2D eigenvalue weighted by Crippen LogP contribution is 2.34. The molecule has 3 nitrogen and oxygen atoms in total. The smallest absolute Gasteiger partial charge is 0.231 e. The van der Waals surface area contributed by atoms with Gasteiger partial charge in [0.2, 0.25) is 5.91 Å². The maximum Gasteiger partial charge on any atom is 0.231 e. The third kappa shape index (κ3) is 3.30. The quantitative estimate of drug-likeness (QED) is 0.781. The number of anilines is 1. The fourth-order valence-corrected chi connectivity index (χ4v) is 4.58. The van der Waals surface area contributed by atoms with Crippen LogP contribution < -0.4 is 4.90 Å². The maximum absolute atomic E-state index is 12.5. The average molecular weight is 341 g/mol. The van der Waals surface area contributed by atoms with Gasteiger partial charge in [-0.05, 0) is 25.0 Å². The zero-order chi connectivity index (χ0) is 14.8. The van der Waals surface area contributed by atoms with E-state index in [1.165, 1.54) is 41.9 Å². The number of rotatable bonds is 3. The number of thiophene rings is 1. The SMILES string of the molecule is CN(C(=O)C1CCCCC1)c1nc(-c2ccc(Cl)s2)cs1. The van der Waals surface area contributed by atoms with Crippen LogP contribution in [0, 0.1) is 5.92 Å². The normalized spacial score (nSPS) is 16.1. The van der Waals surface area contributed by atoms with Gasteiger partial charge in [0.1, 0.15) is 0 Å². The molecule has 21 heavy (non-hydrogen) atoms. The standard InChI is InChI=1S/C15H17ClN2OS2/c1-18(14(19)10-5-3-2-4-6-10)15-17-11(9-20-15)12-7-8-13(16)21-12/h7-10H,2-6H2,1H3. The Hall–Kier alpha value is -0.910. The van der Waals surface area contributed by atoms with Crippen molar-refractivity contribution in [1.29, 1.82) is 0 Å². The van der Waals surface area contributed by atoms with Crippen LogP contribution in [0.2, 0.25) is 4.34 Å². The molecule has 0 aromatic carbocycles. The van der Waals surface area contributed by atoms with Crippen molar-refractivity contribution in [2.75, 3.05) is 11.9 Å². The molecule has 6 heteroatoms. The summed E-state index contributed by atoms with van der Waals surface area (Å²) in [7, 11) is 1.83. The second kappa shape index (κ2) is 6.46. The Labute approximate surface area is 137 Å². The predicted molar refractivity (Wildman–Crippen MR) is 90.4 cm³/mol. The molecule has 1 aliphatic rings. The first-order valence-electron chi connectivity index (χ1n) is 7.14. The molecule has 112 valence electrons. The molecular formula is C15H17ClN2OS2. The van der Waals surface area contributed by atoms with Crippen LogP contribution in [0.3, 0.4) is 0 Å². The first kappa shape index (κ1) is 15.0. The van der Waals surface area contributed by atoms with Gasteiger partial charge in [-0.25, -0.2) is 4.98 Å². The fraction of sp³-hybridized carbons (Fsp3) is 0.467. The lowest BCUT2D eigenvalue weighted by molar-refractivity contribution is -0.123. The largest absolute Gasteiger partial charge is 0.291 e. The van der Waals surface area contributed by atoms with Crippen molar-refractivity contribution in [3.8, 4) is 10.6 Å². The topological polar surface area (TPSA) is 33.2 Å². The Kier molecular flexibility index (Phi) is 4.62. The summed E-state index contributed by atoms with van der Waals surface area (Å²) in [6.45, 7) is 0. The number of halogens is 1. The van der Waals surface area contributed by atoms with Crippen molar-refractivity contribution in [1.82, 2.24) is 4.98 Å². The molecule has 1 aliphatic carbocycles. The van der Waals surface area contributed by atoms with Crippen molar-refractivity contribution in [2.24, 2.45) is 5.92 Å². The molecule has 2 aromatic heterocycles. The monoisotopic (exact) mass is 340 g/mol. The van der Waals surface area contributed by atoms with Crippen LogP contribution in [0.1, 0.15) is 32.1 Å². The molecule has 1 amide bonds. The first-order chi connectivity index (χ1) is 10.1. The summed E-state index contributed by atoms with van der Waals surface area (Å²) < 4.78 is 0.756. The number of hydrogen-bond donors (Lipinski definition) is 0. The second-order valence-corrected chi connectivity index (χ2v) is 7.90. The van der Waals surface area contributed by atoms with E-state index in [9.17, 15) is 4.79 Å². The van der Waals surface area contributed by atoms with Gasteiger partial charge in [-0.3, -0.25) is 9.69 Å². The highest BCUT2D eigenvalue weighted by Gasteiger charge is 2.26. The summed E-state index contributed by atoms with van der Waals surface area (Å²) >= 11 is 8.98. The van der Waals surface area contributed by atoms with E-state index in [2.05, 4.69) is 4.98 Å². The number of carbonyl (C=O) groups is 1. The maximum atomic E-state index is 12.5. The average Bonchev–Trinajstić information content (AvgIpc) is 3.15. The lowest BCUT2D eigenvalue weighted by atomic mass is 9.88. The van der Waals surface area contributed by atoms with Crippen molar-refractivity contribution < 1.29 is 4.79 Å². The number of nitrogens with zero attached hydrogens (tertiary/aromatic N) is 2. The van der Waals surface area contributed by atoms with Gasteiger partial charge in [-0.2, -0.15) is 0 Å². The highest BCUT2D eigenvalue weighted by molar-refractivity contribution is 7.20. The van der Waals surface area contributed by atoms with Crippen molar-refractivity contribution >= 4 is 45.3 Å². The summed E-state index contributed by atoms with van der Waals surface area (Å²) in [6, 6.07) is 3.84. The lowest BCUT2D eigenvalue weighted by Gasteiger charge is -2.24. The van der Waals surface area contributed by atoms with Crippen molar-refractivity contribution in [3.63, 3.8) is 0 Å². The van der Waals surface area contributed by atoms with E-state index < -0.39 is 0 Å². The van der Waals surface area contributed by atoms with E-state index in [-0.39, 0.29) is 11.8 Å². The van der Waals surface area contributed by atoms with Gasteiger partial charge < -0.3 is 0 Å². The molecule has 1 fully saturated rings. The van der Waals surface area contributed by atoms with E-state index in [4.69, 9.17) is 11.6 Å². The molecule has 0 saturated heterocycles. The van der Waals surface area contributed by atoms with Gasteiger partial charge in [0, 0.05) is 18.3 Å². The first-order valence-corrected chi connectivity index (χ1v) is 9.21. The molecule has 0 N–H and O–H groups in total. The van der Waals surface area contributed by atoms with Crippen molar-refractivity contribution in [3.05, 3.63) is 21.8 Å². The van der Waals surface area contributed by atoms with Gasteiger partial charge in [-0.15, -0.1) is 22.7 Å². The minimum Gasteiger partial charge on any atom is -0.291 e. The Morgan fingerprint density at radius 2 is 2.10 bits per heavy atom. The van der Waals surface area contributed by atoms with Crippen LogP contribution in [-0.2, 0) is 4.79 Å². The van der Waals surface area contributed by atoms with Crippen molar-refractivity contribution in [2.45, 2.75) is 32.1 Å². The number of hydrogen-bond acceptors (Lipinski definition) is 4. The number of carbonyl (C=O) groups excluding carboxylic acids is 1. The highest BCUT2D eigenvalue weighted by atomic mass is 35.5. The van der Waals surface area contributed by atoms with E-state index in [0.29, 0.717) is 0 Å². The summed E-state index contributed by atoms with van der Waals surface area (Å²) in [5.41, 5.74) is 0.898. The van der Waals surface area contributed by atoms with Gasteiger partial charge in [0.05, 0.1) is 14.9 Å². The summed E-state index contributed by atoms with van der Waals surface area (Å²) in [5.74, 6) is 0.382. The molecule has 1 saturated carbocycles. The minimum absolute atomic E-state index is 0.173. The molecule has 0 bridgehead atoms. The summed E-state index contributed by atoms with van der Waals surface area (Å²) in [4.78, 5) is 19.9. The van der Waals surface area contributed by atoms with Crippen LogP contribution in [0.25, 0.3) is 10.6 Å². The van der Waals surface area contributed by atoms with E-state index >= 15 is 0 Å². The second-order valence-electron chi connectivity index (χ2n) is 5.35. The fourth-order valence-electron chi connectivity index (χ4n) is 2.70. The summed E-state index contributed by atoms with van der Waals surface area (Å²) in [6.07, 6.45) is 5.63. The van der Waals surface area contributed by atoms with Crippen LogP contribution in [-0.4, -0.2) is 17.9 Å². The third-order valence-electron chi connectivity index (χ3n) is 3.89. The molecule has 0 radical (unpaired) electrons. The molecule has 0 unspecified atom stereocenters. The van der Waals surface area contributed by atoms with Crippen LogP contribution in [0.15, 0.2) is 17.5 Å².